The van der Waals surface area contributed by atoms with Crippen molar-refractivity contribution < 1.29 is 23.4 Å². The lowest BCUT2D eigenvalue weighted by molar-refractivity contribution is -0.187. The highest BCUT2D eigenvalue weighted by atomic mass is 19.4. The molecule has 0 bridgehead atoms. The van der Waals surface area contributed by atoms with Gasteiger partial charge in [0.2, 0.25) is 0 Å². The smallest absolute Gasteiger partial charge is 0.390 e. The number of aliphatic hydroxyl groups excluding tert-OH is 1. The summed E-state index contributed by atoms with van der Waals surface area (Å²) in [7, 11) is 0. The van der Waals surface area contributed by atoms with E-state index in [1.54, 1.807) is 6.08 Å². The molecule has 4 rings (SSSR count). The van der Waals surface area contributed by atoms with Gasteiger partial charge in [0.1, 0.15) is 0 Å². The number of fused-ring (bicyclic) bond motifs is 5. The third kappa shape index (κ3) is 3.92. The summed E-state index contributed by atoms with van der Waals surface area (Å²) in [5.41, 5.74) is 1.21. The molecule has 3 saturated carbocycles. The second-order valence-corrected chi connectivity index (χ2v) is 11.9. The van der Waals surface area contributed by atoms with E-state index in [2.05, 4.69) is 19.9 Å². The van der Waals surface area contributed by atoms with Crippen LogP contribution in [0, 0.1) is 40.4 Å². The van der Waals surface area contributed by atoms with Crippen molar-refractivity contribution in [2.24, 2.45) is 40.4 Å². The summed E-state index contributed by atoms with van der Waals surface area (Å²) in [5, 5.41) is 20.0. The van der Waals surface area contributed by atoms with E-state index in [-0.39, 0.29) is 16.7 Å². The summed E-state index contributed by atoms with van der Waals surface area (Å²) in [5.74, 6) is 2.28. The summed E-state index contributed by atoms with van der Waals surface area (Å²) in [6.07, 6.45) is 6.29. The number of aliphatic hydroxyl groups is 2. The topological polar surface area (TPSA) is 40.5 Å². The van der Waals surface area contributed by atoms with Crippen molar-refractivity contribution in [1.82, 2.24) is 0 Å². The lowest BCUT2D eigenvalue weighted by Gasteiger charge is -2.59. The number of rotatable bonds is 3. The number of allylic oxidation sites excluding steroid dienone is 2. The fourth-order valence-electron chi connectivity index (χ4n) is 8.23. The van der Waals surface area contributed by atoms with Crippen LogP contribution in [0.3, 0.4) is 0 Å². The Bertz CT molecular complexity index is 754. The van der Waals surface area contributed by atoms with E-state index < -0.39 is 17.9 Å². The van der Waals surface area contributed by atoms with Gasteiger partial charge < -0.3 is 10.2 Å². The highest BCUT2D eigenvalue weighted by Gasteiger charge is 2.59. The molecule has 3 fully saturated rings. The zero-order chi connectivity index (χ0) is 22.8. The summed E-state index contributed by atoms with van der Waals surface area (Å²) in [6, 6.07) is 0. The zero-order valence-corrected chi connectivity index (χ0v) is 19.4. The van der Waals surface area contributed by atoms with E-state index >= 15 is 0 Å². The quantitative estimate of drug-likeness (QED) is 0.496. The van der Waals surface area contributed by atoms with Crippen LogP contribution < -0.4 is 0 Å². The lowest BCUT2D eigenvalue weighted by atomic mass is 9.46. The Morgan fingerprint density at radius 3 is 2.42 bits per heavy atom. The molecule has 2 nitrogen and oxygen atoms in total. The van der Waals surface area contributed by atoms with Gasteiger partial charge in [0.25, 0.3) is 0 Å². The summed E-state index contributed by atoms with van der Waals surface area (Å²) < 4.78 is 38.1. The van der Waals surface area contributed by atoms with Crippen molar-refractivity contribution >= 4 is 0 Å². The fourth-order valence-corrected chi connectivity index (χ4v) is 8.23. The van der Waals surface area contributed by atoms with E-state index in [1.807, 2.05) is 13.8 Å². The molecule has 4 aliphatic carbocycles. The molecular weight excluding hydrogens is 401 g/mol. The molecule has 0 aromatic rings. The van der Waals surface area contributed by atoms with Gasteiger partial charge in [0.15, 0.2) is 6.10 Å². The van der Waals surface area contributed by atoms with Crippen LogP contribution in [0.4, 0.5) is 13.2 Å². The van der Waals surface area contributed by atoms with Gasteiger partial charge in [-0.1, -0.05) is 44.6 Å². The Labute approximate surface area is 185 Å². The van der Waals surface area contributed by atoms with Gasteiger partial charge in [0.05, 0.1) is 5.60 Å². The standard InChI is InChI=1S/C26H39F3O2/c1-16(5-10-22(30)26(27,28)29)19-8-9-20-18-7-6-17-15-23(2,31)13-14-24(17,3)21(18)11-12-25(19,20)4/h5-6,10,16,18-22,30-31H,7-9,11-15H2,1-4H3/b10-5+/t16-,18+,19?,20+,21+,22?,23+,24+,25-/m1/s1. The maximum absolute atomic E-state index is 12.7. The Hall–Kier alpha value is -0.810. The first kappa shape index (κ1) is 23.4. The molecule has 0 aromatic carbocycles. The second-order valence-electron chi connectivity index (χ2n) is 11.9. The maximum atomic E-state index is 12.7. The molecule has 2 unspecified atom stereocenters. The van der Waals surface area contributed by atoms with Crippen LogP contribution in [0.5, 0.6) is 0 Å². The Balaban J connectivity index is 1.53. The first-order chi connectivity index (χ1) is 14.3. The van der Waals surface area contributed by atoms with Gasteiger partial charge in [-0.2, -0.15) is 13.2 Å². The predicted octanol–water partition coefficient (Wildman–Crippen LogP) is 6.43. The molecule has 0 amide bonds. The minimum absolute atomic E-state index is 0.0265. The van der Waals surface area contributed by atoms with Gasteiger partial charge in [-0.25, -0.2) is 0 Å². The number of halogens is 3. The third-order valence-electron chi connectivity index (χ3n) is 10.0. The average Bonchev–Trinajstić information content (AvgIpc) is 3.02. The van der Waals surface area contributed by atoms with Crippen molar-refractivity contribution in [1.29, 1.82) is 0 Å². The molecular formula is C26H39F3O2. The highest BCUT2D eigenvalue weighted by molar-refractivity contribution is 5.27. The molecule has 2 N–H and O–H groups in total. The van der Waals surface area contributed by atoms with Crippen molar-refractivity contribution in [3.63, 3.8) is 0 Å². The molecule has 31 heavy (non-hydrogen) atoms. The summed E-state index contributed by atoms with van der Waals surface area (Å²) in [4.78, 5) is 0. The number of alkyl halides is 3. The Morgan fingerprint density at radius 2 is 1.74 bits per heavy atom. The van der Waals surface area contributed by atoms with Crippen LogP contribution >= 0.6 is 0 Å². The SMILES string of the molecule is C[C@H](/C=C/C(O)C(F)(F)F)C1CC[C@H]2[C@@H]3CC=C4C[C@@](C)(O)CC[C@]4(C)[C@H]3CC[C@]12C. The van der Waals surface area contributed by atoms with Crippen LogP contribution in [0.15, 0.2) is 23.8 Å². The average molecular weight is 441 g/mol. The van der Waals surface area contributed by atoms with Gasteiger partial charge in [-0.05, 0) is 98.7 Å². The van der Waals surface area contributed by atoms with Gasteiger partial charge in [-0.3, -0.25) is 0 Å². The van der Waals surface area contributed by atoms with E-state index in [0.717, 1.165) is 51.0 Å². The molecule has 0 heterocycles. The van der Waals surface area contributed by atoms with E-state index in [9.17, 15) is 23.4 Å². The summed E-state index contributed by atoms with van der Waals surface area (Å²) >= 11 is 0. The minimum Gasteiger partial charge on any atom is -0.390 e. The highest BCUT2D eigenvalue weighted by Crippen LogP contribution is 2.67. The van der Waals surface area contributed by atoms with E-state index in [0.29, 0.717) is 23.7 Å². The molecule has 5 heteroatoms. The fraction of sp³-hybridized carbons (Fsp3) is 0.846. The van der Waals surface area contributed by atoms with Gasteiger partial charge >= 0.3 is 6.18 Å². The van der Waals surface area contributed by atoms with Gasteiger partial charge in [-0.15, -0.1) is 0 Å². The Kier molecular flexibility index (Phi) is 5.74. The Morgan fingerprint density at radius 1 is 1.03 bits per heavy atom. The molecule has 0 aromatic heterocycles. The maximum Gasteiger partial charge on any atom is 0.417 e. The van der Waals surface area contributed by atoms with Crippen molar-refractivity contribution in [2.45, 2.75) is 96.9 Å². The van der Waals surface area contributed by atoms with Crippen molar-refractivity contribution in [3.05, 3.63) is 23.8 Å². The van der Waals surface area contributed by atoms with Crippen LogP contribution in [-0.2, 0) is 0 Å². The molecule has 0 spiro atoms. The van der Waals surface area contributed by atoms with Crippen molar-refractivity contribution in [2.75, 3.05) is 0 Å². The van der Waals surface area contributed by atoms with E-state index in [4.69, 9.17) is 0 Å². The lowest BCUT2D eigenvalue weighted by Crippen LogP contribution is -2.52. The molecule has 4 aliphatic rings. The molecule has 0 aliphatic heterocycles. The first-order valence-electron chi connectivity index (χ1n) is 12.1. The second kappa shape index (κ2) is 7.62. The summed E-state index contributed by atoms with van der Waals surface area (Å²) in [6.45, 7) is 8.78. The van der Waals surface area contributed by atoms with Crippen LogP contribution in [-0.4, -0.2) is 28.1 Å². The number of hydrogen-bond donors (Lipinski definition) is 2. The molecule has 0 radical (unpaired) electrons. The zero-order valence-electron chi connectivity index (χ0n) is 19.4. The van der Waals surface area contributed by atoms with Crippen LogP contribution in [0.2, 0.25) is 0 Å². The molecule has 9 atom stereocenters. The monoisotopic (exact) mass is 440 g/mol. The van der Waals surface area contributed by atoms with Crippen molar-refractivity contribution in [3.8, 4) is 0 Å². The van der Waals surface area contributed by atoms with Crippen LogP contribution in [0.1, 0.15) is 79.1 Å². The minimum atomic E-state index is -4.59. The predicted molar refractivity (Wildman–Crippen MR) is 116 cm³/mol. The van der Waals surface area contributed by atoms with Crippen LogP contribution in [0.25, 0.3) is 0 Å². The molecule has 0 saturated heterocycles. The first-order valence-corrected chi connectivity index (χ1v) is 12.1. The van der Waals surface area contributed by atoms with E-state index in [1.165, 1.54) is 12.0 Å². The third-order valence-corrected chi connectivity index (χ3v) is 10.0. The largest absolute Gasteiger partial charge is 0.417 e. The van der Waals surface area contributed by atoms with Gasteiger partial charge in [0, 0.05) is 0 Å². The normalized spacial score (nSPS) is 47.3. The molecule has 176 valence electrons. The number of hydrogen-bond acceptors (Lipinski definition) is 2.